The van der Waals surface area contributed by atoms with Gasteiger partial charge in [0.2, 0.25) is 11.6 Å². The maximum atomic E-state index is 10.2. The number of ketones is 2. The fourth-order valence-corrected chi connectivity index (χ4v) is 0.730. The summed E-state index contributed by atoms with van der Waals surface area (Å²) in [6.07, 6.45) is -1.09. The summed E-state index contributed by atoms with van der Waals surface area (Å²) in [4.78, 5) is 78.1. The van der Waals surface area contributed by atoms with Crippen molar-refractivity contribution in [3.8, 4) is 0 Å². The Morgan fingerprint density at radius 1 is 0.656 bits per heavy atom. The zero-order chi connectivity index (χ0) is 26.6. The predicted octanol–water partition coefficient (Wildman–Crippen LogP) is -2.15. The molecule has 0 fully saturated rings. The normalized spacial score (nSPS) is 10.6. The molecule has 0 unspecified atom stereocenters. The van der Waals surface area contributed by atoms with Crippen LogP contribution >= 0.6 is 0 Å². The Morgan fingerprint density at radius 3 is 1.19 bits per heavy atom. The third kappa shape index (κ3) is 33.6. The standard InChI is InChI=1S/C5H9NO4.C5H6O5.C3H7NO2.C3H4O3/c2*6-3(5(9)10)1-2-4(7)8;2*1-2(4)3(5)6/h3H,1-2,6H2,(H,7,8)(H,9,10);1-2H2,(H,7,8)(H,9,10);2H,4H2,1H3,(H,5,6);1H3,(H,5,6)/t3-;;2-;/m1.1./s1. The van der Waals surface area contributed by atoms with Crippen molar-refractivity contribution < 1.29 is 69.0 Å². The fraction of sp³-hybridized carbons (Fsp3) is 0.500. The van der Waals surface area contributed by atoms with Crippen LogP contribution in [-0.2, 0) is 38.4 Å². The van der Waals surface area contributed by atoms with Crippen LogP contribution in [0.4, 0.5) is 0 Å². The molecule has 2 atom stereocenters. The van der Waals surface area contributed by atoms with Crippen LogP contribution < -0.4 is 11.5 Å². The zero-order valence-electron chi connectivity index (χ0n) is 17.1. The van der Waals surface area contributed by atoms with Crippen LogP contribution in [0.25, 0.3) is 0 Å². The highest BCUT2D eigenvalue weighted by atomic mass is 16.4. The van der Waals surface area contributed by atoms with Gasteiger partial charge in [0.25, 0.3) is 0 Å². The quantitative estimate of drug-likeness (QED) is 0.158. The van der Waals surface area contributed by atoms with E-state index < -0.39 is 72.3 Å². The van der Waals surface area contributed by atoms with E-state index in [0.717, 1.165) is 6.92 Å². The highest BCUT2D eigenvalue weighted by Crippen LogP contribution is 1.93. The van der Waals surface area contributed by atoms with Gasteiger partial charge in [0.1, 0.15) is 12.1 Å². The average Bonchev–Trinajstić information content (AvgIpc) is 2.64. The number of carbonyl (C=O) groups is 8. The predicted molar refractivity (Wildman–Crippen MR) is 102 cm³/mol. The third-order valence-corrected chi connectivity index (χ3v) is 2.48. The van der Waals surface area contributed by atoms with Crippen LogP contribution in [0.1, 0.15) is 39.5 Å². The second-order valence-corrected chi connectivity index (χ2v) is 5.49. The molecule has 0 aromatic carbocycles. The summed E-state index contributed by atoms with van der Waals surface area (Å²) in [5.74, 6) is -9.18. The van der Waals surface area contributed by atoms with Crippen molar-refractivity contribution in [3.63, 3.8) is 0 Å². The summed E-state index contributed by atoms with van der Waals surface area (Å²) in [7, 11) is 0. The highest BCUT2D eigenvalue weighted by Gasteiger charge is 2.12. The van der Waals surface area contributed by atoms with Gasteiger partial charge in [0.15, 0.2) is 0 Å². The lowest BCUT2D eigenvalue weighted by Gasteiger charge is -2.01. The van der Waals surface area contributed by atoms with Crippen molar-refractivity contribution in [2.75, 3.05) is 0 Å². The third-order valence-electron chi connectivity index (χ3n) is 2.48. The van der Waals surface area contributed by atoms with Crippen molar-refractivity contribution in [3.05, 3.63) is 0 Å². The lowest BCUT2D eigenvalue weighted by molar-refractivity contribution is -0.150. The van der Waals surface area contributed by atoms with Gasteiger partial charge in [-0.2, -0.15) is 0 Å². The molecule has 10 N–H and O–H groups in total. The lowest BCUT2D eigenvalue weighted by atomic mass is 10.2. The molecular weight excluding hydrogens is 444 g/mol. The summed E-state index contributed by atoms with van der Waals surface area (Å²) in [5, 5.41) is 47.7. The Labute approximate surface area is 180 Å². The van der Waals surface area contributed by atoms with Crippen molar-refractivity contribution in [1.82, 2.24) is 0 Å². The van der Waals surface area contributed by atoms with Gasteiger partial charge in [-0.25, -0.2) is 9.59 Å². The molecule has 0 spiro atoms. The zero-order valence-corrected chi connectivity index (χ0v) is 17.1. The number of carboxylic acids is 6. The molecule has 0 aromatic heterocycles. The van der Waals surface area contributed by atoms with Gasteiger partial charge in [-0.1, -0.05) is 0 Å². The van der Waals surface area contributed by atoms with Crippen LogP contribution in [0.5, 0.6) is 0 Å². The smallest absolute Gasteiger partial charge is 0.372 e. The van der Waals surface area contributed by atoms with Crippen molar-refractivity contribution in [2.24, 2.45) is 11.5 Å². The summed E-state index contributed by atoms with van der Waals surface area (Å²) in [6, 6.07) is -1.79. The van der Waals surface area contributed by atoms with Gasteiger partial charge in [0, 0.05) is 19.8 Å². The molecule has 32 heavy (non-hydrogen) atoms. The summed E-state index contributed by atoms with van der Waals surface area (Å²) >= 11 is 0. The van der Waals surface area contributed by atoms with E-state index >= 15 is 0 Å². The van der Waals surface area contributed by atoms with Gasteiger partial charge in [-0.05, 0) is 13.3 Å². The van der Waals surface area contributed by atoms with Crippen LogP contribution in [-0.4, -0.2) is 90.1 Å². The monoisotopic (exact) mass is 470 g/mol. The Morgan fingerprint density at radius 2 is 1.00 bits per heavy atom. The highest BCUT2D eigenvalue weighted by molar-refractivity contribution is 6.32. The number of carbonyl (C=O) groups excluding carboxylic acids is 2. The molecule has 0 aliphatic heterocycles. The SMILES string of the molecule is CC(=O)C(=O)O.C[C@@H](N)C(=O)O.N[C@H](CCC(=O)O)C(=O)O.O=C(O)CCC(=O)C(=O)O. The van der Waals surface area contributed by atoms with Gasteiger partial charge in [0.05, 0.1) is 6.42 Å². The van der Waals surface area contributed by atoms with Gasteiger partial charge in [-0.3, -0.25) is 28.8 Å². The summed E-state index contributed by atoms with van der Waals surface area (Å²) in [6.45, 7) is 2.42. The fourth-order valence-electron chi connectivity index (χ4n) is 0.730. The van der Waals surface area contributed by atoms with Gasteiger partial charge >= 0.3 is 35.8 Å². The van der Waals surface area contributed by atoms with Crippen LogP contribution in [0.2, 0.25) is 0 Å². The number of Topliss-reactive ketones (excluding diaryl/α,β-unsaturated/α-hetero) is 2. The summed E-state index contributed by atoms with van der Waals surface area (Å²) < 4.78 is 0. The van der Waals surface area contributed by atoms with Crippen molar-refractivity contribution in [1.29, 1.82) is 0 Å². The van der Waals surface area contributed by atoms with Crippen LogP contribution in [0.3, 0.4) is 0 Å². The van der Waals surface area contributed by atoms with Crippen molar-refractivity contribution >= 4 is 47.4 Å². The van der Waals surface area contributed by atoms with Crippen molar-refractivity contribution in [2.45, 2.75) is 51.6 Å². The maximum absolute atomic E-state index is 10.2. The molecule has 0 aliphatic carbocycles. The van der Waals surface area contributed by atoms with E-state index in [-0.39, 0.29) is 12.8 Å². The molecule has 184 valence electrons. The van der Waals surface area contributed by atoms with Gasteiger partial charge < -0.3 is 42.1 Å². The number of carboxylic acid groups (broad SMARTS) is 6. The van der Waals surface area contributed by atoms with E-state index in [1.807, 2.05) is 0 Å². The Bertz CT molecular complexity index is 674. The first-order valence-corrected chi connectivity index (χ1v) is 8.26. The van der Waals surface area contributed by atoms with E-state index in [2.05, 4.69) is 0 Å². The lowest BCUT2D eigenvalue weighted by Crippen LogP contribution is -2.30. The molecule has 0 radical (unpaired) electrons. The van der Waals surface area contributed by atoms with E-state index in [0.29, 0.717) is 0 Å². The van der Waals surface area contributed by atoms with E-state index in [4.69, 9.17) is 42.1 Å². The first-order chi connectivity index (χ1) is 14.4. The Kier molecular flexibility index (Phi) is 22.6. The largest absolute Gasteiger partial charge is 0.481 e. The molecule has 16 heteroatoms. The minimum Gasteiger partial charge on any atom is -0.481 e. The first kappa shape index (κ1) is 35.5. The molecule has 0 saturated heterocycles. The molecule has 16 nitrogen and oxygen atoms in total. The second kappa shape index (κ2) is 20.4. The molecule has 0 heterocycles. The van der Waals surface area contributed by atoms with E-state index in [1.54, 1.807) is 0 Å². The maximum Gasteiger partial charge on any atom is 0.372 e. The minimum atomic E-state index is -1.58. The first-order valence-electron chi connectivity index (χ1n) is 8.26. The van der Waals surface area contributed by atoms with E-state index in [1.165, 1.54) is 6.92 Å². The molecule has 0 rings (SSSR count). The molecular formula is C16H26N2O14. The molecule has 0 bridgehead atoms. The number of rotatable bonds is 10. The minimum absolute atomic E-state index is 0.0231. The molecule has 0 aliphatic rings. The molecule has 0 amide bonds. The molecule has 0 saturated carbocycles. The number of aliphatic carboxylic acids is 6. The van der Waals surface area contributed by atoms with Crippen LogP contribution in [0, 0.1) is 0 Å². The molecule has 0 aromatic rings. The number of hydrogen-bond acceptors (Lipinski definition) is 10. The van der Waals surface area contributed by atoms with E-state index in [9.17, 15) is 38.4 Å². The second-order valence-electron chi connectivity index (χ2n) is 5.49. The topological polar surface area (TPSA) is 310 Å². The summed E-state index contributed by atoms with van der Waals surface area (Å²) in [5.41, 5.74) is 9.84. The van der Waals surface area contributed by atoms with Crippen LogP contribution in [0.15, 0.2) is 0 Å². The average molecular weight is 470 g/mol. The number of nitrogens with two attached hydrogens (primary N) is 2. The Hall–Kier alpha value is -3.92. The van der Waals surface area contributed by atoms with Gasteiger partial charge in [-0.15, -0.1) is 0 Å². The Balaban J connectivity index is -0.000000168. The number of hydrogen-bond donors (Lipinski definition) is 8.